The number of nitrogens with one attached hydrogen (secondary N) is 2. The lowest BCUT2D eigenvalue weighted by atomic mass is 10.2. The van der Waals surface area contributed by atoms with E-state index in [0.717, 1.165) is 12.2 Å². The summed E-state index contributed by atoms with van der Waals surface area (Å²) >= 11 is 0. The van der Waals surface area contributed by atoms with Crippen molar-refractivity contribution in [3.63, 3.8) is 0 Å². The molecule has 6 heteroatoms. The highest BCUT2D eigenvalue weighted by Crippen LogP contribution is 2.22. The van der Waals surface area contributed by atoms with E-state index in [9.17, 15) is 4.79 Å². The van der Waals surface area contributed by atoms with E-state index < -0.39 is 0 Å². The third-order valence-electron chi connectivity index (χ3n) is 4.00. The molecule has 138 valence electrons. The Bertz CT molecular complexity index is 882. The fraction of sp³-hybridized carbons (Fsp3) is 0.190. The molecule has 1 amide bonds. The first-order valence-corrected chi connectivity index (χ1v) is 8.87. The summed E-state index contributed by atoms with van der Waals surface area (Å²) in [5.41, 5.74) is 0.968. The molecule has 3 rings (SSSR count). The van der Waals surface area contributed by atoms with Crippen molar-refractivity contribution < 1.29 is 9.53 Å². The molecule has 0 radical (unpaired) electrons. The SMILES string of the molecule is CCC(C)Nc1cc(C(=O)Nc2ccc(Oc3ccccc3)cc2)ncn1. The largest absolute Gasteiger partial charge is 0.457 e. The van der Waals surface area contributed by atoms with Crippen LogP contribution in [0.3, 0.4) is 0 Å². The molecule has 1 unspecified atom stereocenters. The maximum atomic E-state index is 12.4. The number of carbonyl (C=O) groups is 1. The Labute approximate surface area is 158 Å². The van der Waals surface area contributed by atoms with Gasteiger partial charge in [0.05, 0.1) is 0 Å². The van der Waals surface area contributed by atoms with Gasteiger partial charge in [-0.15, -0.1) is 0 Å². The van der Waals surface area contributed by atoms with Gasteiger partial charge in [-0.2, -0.15) is 0 Å². The molecule has 0 fully saturated rings. The van der Waals surface area contributed by atoms with Crippen LogP contribution in [0.25, 0.3) is 0 Å². The van der Waals surface area contributed by atoms with E-state index in [0.29, 0.717) is 22.9 Å². The van der Waals surface area contributed by atoms with Crippen molar-refractivity contribution in [2.24, 2.45) is 0 Å². The normalized spacial score (nSPS) is 11.5. The van der Waals surface area contributed by atoms with Crippen LogP contribution in [0.4, 0.5) is 11.5 Å². The van der Waals surface area contributed by atoms with Crippen LogP contribution in [0, 0.1) is 0 Å². The van der Waals surface area contributed by atoms with Crippen LogP contribution < -0.4 is 15.4 Å². The monoisotopic (exact) mass is 362 g/mol. The minimum absolute atomic E-state index is 0.271. The minimum atomic E-state index is -0.290. The lowest BCUT2D eigenvalue weighted by Crippen LogP contribution is -2.17. The summed E-state index contributed by atoms with van der Waals surface area (Å²) in [6.07, 6.45) is 2.35. The van der Waals surface area contributed by atoms with Gasteiger partial charge in [0.25, 0.3) is 5.91 Å². The summed E-state index contributed by atoms with van der Waals surface area (Å²) in [4.78, 5) is 20.6. The van der Waals surface area contributed by atoms with Crippen LogP contribution in [0.15, 0.2) is 67.0 Å². The van der Waals surface area contributed by atoms with Crippen LogP contribution in [-0.4, -0.2) is 21.9 Å². The third-order valence-corrected chi connectivity index (χ3v) is 4.00. The van der Waals surface area contributed by atoms with Gasteiger partial charge in [-0.25, -0.2) is 9.97 Å². The lowest BCUT2D eigenvalue weighted by Gasteiger charge is -2.12. The second-order valence-corrected chi connectivity index (χ2v) is 6.14. The van der Waals surface area contributed by atoms with Crippen molar-refractivity contribution in [2.45, 2.75) is 26.3 Å². The average Bonchev–Trinajstić information content (AvgIpc) is 2.70. The van der Waals surface area contributed by atoms with Gasteiger partial charge in [0, 0.05) is 17.8 Å². The Morgan fingerprint density at radius 2 is 1.74 bits per heavy atom. The zero-order valence-electron chi connectivity index (χ0n) is 15.3. The first-order chi connectivity index (χ1) is 13.1. The molecular weight excluding hydrogens is 340 g/mol. The molecule has 0 saturated heterocycles. The van der Waals surface area contributed by atoms with Crippen molar-refractivity contribution in [1.82, 2.24) is 9.97 Å². The first-order valence-electron chi connectivity index (χ1n) is 8.87. The predicted octanol–water partition coefficient (Wildman–Crippen LogP) is 4.73. The molecule has 27 heavy (non-hydrogen) atoms. The van der Waals surface area contributed by atoms with Crippen LogP contribution in [0.1, 0.15) is 30.8 Å². The van der Waals surface area contributed by atoms with Crippen LogP contribution >= 0.6 is 0 Å². The van der Waals surface area contributed by atoms with Gasteiger partial charge in [0.15, 0.2) is 0 Å². The summed E-state index contributed by atoms with van der Waals surface area (Å²) in [5, 5.41) is 6.06. The Hall–Kier alpha value is -3.41. The number of hydrogen-bond donors (Lipinski definition) is 2. The van der Waals surface area contributed by atoms with Crippen molar-refractivity contribution in [3.8, 4) is 11.5 Å². The number of hydrogen-bond acceptors (Lipinski definition) is 5. The fourth-order valence-corrected chi connectivity index (χ4v) is 2.34. The Kier molecular flexibility index (Phi) is 5.99. The number of ether oxygens (including phenoxy) is 1. The molecule has 0 saturated carbocycles. The second-order valence-electron chi connectivity index (χ2n) is 6.14. The summed E-state index contributed by atoms with van der Waals surface area (Å²) in [6, 6.07) is 18.6. The van der Waals surface area contributed by atoms with E-state index >= 15 is 0 Å². The number of anilines is 2. The number of nitrogens with zero attached hydrogens (tertiary/aromatic N) is 2. The number of rotatable bonds is 7. The number of aromatic nitrogens is 2. The summed E-state index contributed by atoms with van der Waals surface area (Å²) < 4.78 is 5.74. The zero-order chi connectivity index (χ0) is 19.1. The van der Waals surface area contributed by atoms with Crippen LogP contribution in [0.5, 0.6) is 11.5 Å². The topological polar surface area (TPSA) is 76.1 Å². The first kappa shape index (κ1) is 18.4. The molecule has 1 heterocycles. The Balaban J connectivity index is 1.63. The van der Waals surface area contributed by atoms with Gasteiger partial charge in [-0.3, -0.25) is 4.79 Å². The maximum absolute atomic E-state index is 12.4. The van der Waals surface area contributed by atoms with E-state index in [-0.39, 0.29) is 11.9 Å². The summed E-state index contributed by atoms with van der Waals surface area (Å²) in [6.45, 7) is 4.14. The smallest absolute Gasteiger partial charge is 0.274 e. The Morgan fingerprint density at radius 3 is 2.44 bits per heavy atom. The van der Waals surface area contributed by atoms with E-state index in [4.69, 9.17) is 4.74 Å². The molecule has 6 nitrogen and oxygen atoms in total. The quantitative estimate of drug-likeness (QED) is 0.635. The van der Waals surface area contributed by atoms with Gasteiger partial charge >= 0.3 is 0 Å². The number of amides is 1. The molecule has 1 atom stereocenters. The molecule has 0 bridgehead atoms. The summed E-state index contributed by atoms with van der Waals surface area (Å²) in [7, 11) is 0. The molecular formula is C21H22N4O2. The van der Waals surface area contributed by atoms with Crippen molar-refractivity contribution >= 4 is 17.4 Å². The number of benzene rings is 2. The van der Waals surface area contributed by atoms with E-state index in [1.165, 1.54) is 6.33 Å². The van der Waals surface area contributed by atoms with Crippen LogP contribution in [-0.2, 0) is 0 Å². The fourth-order valence-electron chi connectivity index (χ4n) is 2.34. The van der Waals surface area contributed by atoms with Crippen LogP contribution in [0.2, 0.25) is 0 Å². The van der Waals surface area contributed by atoms with Gasteiger partial charge in [0.1, 0.15) is 29.3 Å². The van der Waals surface area contributed by atoms with Gasteiger partial charge in [0.2, 0.25) is 0 Å². The minimum Gasteiger partial charge on any atom is -0.457 e. The molecule has 0 aliphatic rings. The highest BCUT2D eigenvalue weighted by Gasteiger charge is 2.10. The summed E-state index contributed by atoms with van der Waals surface area (Å²) in [5.74, 6) is 1.80. The molecule has 0 aliphatic carbocycles. The van der Waals surface area contributed by atoms with Crippen molar-refractivity contribution in [3.05, 3.63) is 72.7 Å². The lowest BCUT2D eigenvalue weighted by molar-refractivity contribution is 0.102. The van der Waals surface area contributed by atoms with E-state index in [2.05, 4.69) is 34.4 Å². The number of carbonyl (C=O) groups excluding carboxylic acids is 1. The Morgan fingerprint density at radius 1 is 1.04 bits per heavy atom. The average molecular weight is 362 g/mol. The van der Waals surface area contributed by atoms with E-state index in [1.807, 2.05) is 30.3 Å². The standard InChI is InChI=1S/C21H22N4O2/c1-3-15(2)24-20-13-19(22-14-23-20)21(26)25-16-9-11-18(12-10-16)27-17-7-5-4-6-8-17/h4-15H,3H2,1-2H3,(H,25,26)(H,22,23,24). The molecule has 1 aromatic heterocycles. The van der Waals surface area contributed by atoms with Gasteiger partial charge in [-0.1, -0.05) is 25.1 Å². The third kappa shape index (κ3) is 5.28. The molecule has 3 aromatic rings. The van der Waals surface area contributed by atoms with Crippen molar-refractivity contribution in [2.75, 3.05) is 10.6 Å². The molecule has 0 aliphatic heterocycles. The van der Waals surface area contributed by atoms with Crippen molar-refractivity contribution in [1.29, 1.82) is 0 Å². The molecule has 2 aromatic carbocycles. The van der Waals surface area contributed by atoms with E-state index in [1.54, 1.807) is 30.3 Å². The second kappa shape index (κ2) is 8.80. The molecule has 0 spiro atoms. The highest BCUT2D eigenvalue weighted by atomic mass is 16.5. The highest BCUT2D eigenvalue weighted by molar-refractivity contribution is 6.03. The zero-order valence-corrected chi connectivity index (χ0v) is 15.3. The number of para-hydroxylation sites is 1. The predicted molar refractivity (Wildman–Crippen MR) is 106 cm³/mol. The van der Waals surface area contributed by atoms with Gasteiger partial charge < -0.3 is 15.4 Å². The maximum Gasteiger partial charge on any atom is 0.274 e. The van der Waals surface area contributed by atoms with Gasteiger partial charge in [-0.05, 0) is 49.7 Å². The molecule has 2 N–H and O–H groups in total.